The van der Waals surface area contributed by atoms with Crippen LogP contribution >= 0.6 is 11.6 Å². The van der Waals surface area contributed by atoms with E-state index in [-0.39, 0.29) is 39.9 Å². The summed E-state index contributed by atoms with van der Waals surface area (Å²) in [5, 5.41) is 29.7. The smallest absolute Gasteiger partial charge is 0.422 e. The Labute approximate surface area is 192 Å². The van der Waals surface area contributed by atoms with Crippen molar-refractivity contribution in [2.45, 2.75) is 23.2 Å². The van der Waals surface area contributed by atoms with Crippen molar-refractivity contribution >= 4 is 21.6 Å². The SMILES string of the molecule is N#Cc1ccc(C[C@H]2CN(S(=O)(=O)c3ccc(Cl)cn3)C[C@@]2(O)CO)c(OCC(F)(F)F)c1. The number of nitriles is 1. The Kier molecular flexibility index (Phi) is 7.21. The first-order valence-electron chi connectivity index (χ1n) is 9.55. The van der Waals surface area contributed by atoms with Crippen LogP contribution in [0.1, 0.15) is 11.1 Å². The second-order valence-electron chi connectivity index (χ2n) is 7.61. The zero-order valence-corrected chi connectivity index (χ0v) is 18.5. The van der Waals surface area contributed by atoms with Crippen molar-refractivity contribution in [1.82, 2.24) is 9.29 Å². The average molecular weight is 506 g/mol. The number of halogens is 4. The van der Waals surface area contributed by atoms with Crippen LogP contribution in [0.5, 0.6) is 5.75 Å². The molecule has 2 N–H and O–H groups in total. The zero-order chi connectivity index (χ0) is 24.4. The molecule has 1 aliphatic rings. The minimum atomic E-state index is -4.62. The first-order chi connectivity index (χ1) is 15.4. The maximum absolute atomic E-state index is 13.0. The summed E-state index contributed by atoms with van der Waals surface area (Å²) in [6, 6.07) is 8.23. The van der Waals surface area contributed by atoms with Gasteiger partial charge in [0, 0.05) is 25.2 Å². The molecule has 0 amide bonds. The van der Waals surface area contributed by atoms with Gasteiger partial charge in [-0.1, -0.05) is 17.7 Å². The lowest BCUT2D eigenvalue weighted by atomic mass is 9.86. The van der Waals surface area contributed by atoms with Crippen LogP contribution in [0.25, 0.3) is 0 Å². The molecule has 1 saturated heterocycles. The molecular weight excluding hydrogens is 487 g/mol. The van der Waals surface area contributed by atoms with Gasteiger partial charge in [0.1, 0.15) is 11.4 Å². The second kappa shape index (κ2) is 9.44. The molecule has 0 radical (unpaired) electrons. The number of aliphatic hydroxyl groups is 2. The normalized spacial score (nSPS) is 21.7. The van der Waals surface area contributed by atoms with E-state index in [4.69, 9.17) is 21.6 Å². The number of ether oxygens (including phenoxy) is 1. The summed E-state index contributed by atoms with van der Waals surface area (Å²) in [7, 11) is -4.14. The van der Waals surface area contributed by atoms with Gasteiger partial charge >= 0.3 is 6.18 Å². The van der Waals surface area contributed by atoms with Gasteiger partial charge < -0.3 is 14.9 Å². The van der Waals surface area contributed by atoms with E-state index in [1.54, 1.807) is 0 Å². The third kappa shape index (κ3) is 5.74. The van der Waals surface area contributed by atoms with Gasteiger partial charge in [-0.2, -0.15) is 22.7 Å². The Morgan fingerprint density at radius 3 is 2.64 bits per heavy atom. The van der Waals surface area contributed by atoms with Gasteiger partial charge in [-0.15, -0.1) is 0 Å². The van der Waals surface area contributed by atoms with Gasteiger partial charge in [-0.05, 0) is 36.2 Å². The standard InChI is InChI=1S/C20H19ClF3N3O5S/c21-16-3-4-18(26-8-16)33(30,31)27-9-15(19(29,10-27)11-28)6-14-2-1-13(7-25)5-17(14)32-12-20(22,23)24/h1-5,8,15,28-29H,6,9-12H2/t15-,19+/m0/s1. The topological polar surface area (TPSA) is 124 Å². The van der Waals surface area contributed by atoms with E-state index >= 15 is 0 Å². The van der Waals surface area contributed by atoms with Crippen LogP contribution in [-0.2, 0) is 16.4 Å². The molecule has 1 fully saturated rings. The third-order valence-corrected chi connectivity index (χ3v) is 7.22. The average Bonchev–Trinajstić information content (AvgIpc) is 3.10. The Bertz CT molecular complexity index is 1160. The number of nitrogens with zero attached hydrogens (tertiary/aromatic N) is 3. The first kappa shape index (κ1) is 25.2. The molecule has 0 bridgehead atoms. The first-order valence-corrected chi connectivity index (χ1v) is 11.4. The predicted octanol–water partition coefficient (Wildman–Crippen LogP) is 2.13. The van der Waals surface area contributed by atoms with Gasteiger partial charge in [0.15, 0.2) is 11.6 Å². The number of pyridine rings is 1. The Morgan fingerprint density at radius 2 is 2.06 bits per heavy atom. The number of β-amino-alcohol motifs (C(OH)–C–C–N with tert-alkyl or cyclic N) is 1. The number of sulfonamides is 1. The van der Waals surface area contributed by atoms with Crippen LogP contribution in [-0.4, -0.2) is 66.0 Å². The third-order valence-electron chi connectivity index (χ3n) is 5.27. The fourth-order valence-corrected chi connectivity index (χ4v) is 5.10. The van der Waals surface area contributed by atoms with Crippen molar-refractivity contribution in [3.05, 3.63) is 52.7 Å². The van der Waals surface area contributed by atoms with E-state index in [9.17, 15) is 31.8 Å². The number of alkyl halides is 3. The highest BCUT2D eigenvalue weighted by Crippen LogP contribution is 2.36. The monoisotopic (exact) mass is 505 g/mol. The minimum absolute atomic E-state index is 0.0674. The summed E-state index contributed by atoms with van der Waals surface area (Å²) in [5.41, 5.74) is -1.58. The maximum Gasteiger partial charge on any atom is 0.422 e. The number of hydrogen-bond donors (Lipinski definition) is 2. The van der Waals surface area contributed by atoms with Crippen molar-refractivity contribution in [3.63, 3.8) is 0 Å². The van der Waals surface area contributed by atoms with Gasteiger partial charge in [-0.3, -0.25) is 0 Å². The summed E-state index contributed by atoms with van der Waals surface area (Å²) in [4.78, 5) is 3.79. The molecule has 0 unspecified atom stereocenters. The predicted molar refractivity (Wildman–Crippen MR) is 110 cm³/mol. The minimum Gasteiger partial charge on any atom is -0.484 e. The fourth-order valence-electron chi connectivity index (χ4n) is 3.53. The summed E-state index contributed by atoms with van der Waals surface area (Å²) in [5.74, 6) is -1.10. The van der Waals surface area contributed by atoms with Gasteiger partial charge in [0.25, 0.3) is 10.0 Å². The highest BCUT2D eigenvalue weighted by atomic mass is 35.5. The molecule has 3 rings (SSSR count). The molecule has 1 aliphatic heterocycles. The Morgan fingerprint density at radius 1 is 1.33 bits per heavy atom. The van der Waals surface area contributed by atoms with E-state index in [0.29, 0.717) is 0 Å². The molecule has 2 aromatic rings. The number of hydrogen-bond acceptors (Lipinski definition) is 7. The summed E-state index contributed by atoms with van der Waals surface area (Å²) in [6.07, 6.45) is -3.58. The van der Waals surface area contributed by atoms with Crippen molar-refractivity contribution in [1.29, 1.82) is 5.26 Å². The van der Waals surface area contributed by atoms with Crippen molar-refractivity contribution < 1.29 is 36.5 Å². The summed E-state index contributed by atoms with van der Waals surface area (Å²) < 4.78 is 69.7. The molecule has 0 saturated carbocycles. The van der Waals surface area contributed by atoms with Gasteiger partial charge in [0.2, 0.25) is 0 Å². The number of aromatic nitrogens is 1. The highest BCUT2D eigenvalue weighted by Gasteiger charge is 2.49. The second-order valence-corrected chi connectivity index (χ2v) is 9.93. The van der Waals surface area contributed by atoms with Crippen LogP contribution in [0.2, 0.25) is 5.02 Å². The molecule has 0 aliphatic carbocycles. The number of rotatable bonds is 7. The van der Waals surface area contributed by atoms with Crippen LogP contribution in [0.15, 0.2) is 41.6 Å². The lowest BCUT2D eigenvalue weighted by molar-refractivity contribution is -0.153. The van der Waals surface area contributed by atoms with Crippen molar-refractivity contribution in [2.75, 3.05) is 26.3 Å². The molecule has 33 heavy (non-hydrogen) atoms. The molecule has 178 valence electrons. The van der Waals surface area contributed by atoms with Crippen LogP contribution in [0.4, 0.5) is 13.2 Å². The quantitative estimate of drug-likeness (QED) is 0.590. The van der Waals surface area contributed by atoms with Crippen molar-refractivity contribution in [3.8, 4) is 11.8 Å². The summed E-state index contributed by atoms with van der Waals surface area (Å²) >= 11 is 5.75. The largest absolute Gasteiger partial charge is 0.484 e. The van der Waals surface area contributed by atoms with Crippen LogP contribution in [0, 0.1) is 17.2 Å². The van der Waals surface area contributed by atoms with E-state index < -0.39 is 47.5 Å². The molecule has 0 spiro atoms. The Balaban J connectivity index is 1.89. The molecule has 2 atom stereocenters. The van der Waals surface area contributed by atoms with Gasteiger partial charge in [0.05, 0.1) is 23.3 Å². The van der Waals surface area contributed by atoms with E-state index in [2.05, 4.69) is 4.98 Å². The van der Waals surface area contributed by atoms with E-state index in [1.807, 2.05) is 6.07 Å². The van der Waals surface area contributed by atoms with E-state index in [0.717, 1.165) is 16.6 Å². The molecule has 8 nitrogen and oxygen atoms in total. The molecule has 13 heteroatoms. The maximum atomic E-state index is 13.0. The molecule has 2 heterocycles. The number of benzene rings is 1. The Hall–Kier alpha value is -2.43. The fraction of sp³-hybridized carbons (Fsp3) is 0.400. The van der Waals surface area contributed by atoms with Crippen LogP contribution in [0.3, 0.4) is 0 Å². The molecule has 1 aromatic carbocycles. The van der Waals surface area contributed by atoms with E-state index in [1.165, 1.54) is 24.3 Å². The van der Waals surface area contributed by atoms with Crippen LogP contribution < -0.4 is 4.74 Å². The summed E-state index contributed by atoms with van der Waals surface area (Å²) in [6.45, 7) is -3.06. The lowest BCUT2D eigenvalue weighted by Gasteiger charge is -2.27. The van der Waals surface area contributed by atoms with Gasteiger partial charge in [-0.25, -0.2) is 13.4 Å². The highest BCUT2D eigenvalue weighted by molar-refractivity contribution is 7.89. The zero-order valence-electron chi connectivity index (χ0n) is 17.0. The lowest BCUT2D eigenvalue weighted by Crippen LogP contribution is -2.43. The number of aliphatic hydroxyl groups excluding tert-OH is 1. The van der Waals surface area contributed by atoms with Crippen molar-refractivity contribution in [2.24, 2.45) is 5.92 Å². The molecule has 1 aromatic heterocycles. The molecular formula is C20H19ClF3N3O5S.